The van der Waals surface area contributed by atoms with Crippen LogP contribution in [0.2, 0.25) is 0 Å². The van der Waals surface area contributed by atoms with Gasteiger partial charge in [0.2, 0.25) is 5.91 Å². The molecule has 4 rings (SSSR count). The third-order valence-corrected chi connectivity index (χ3v) is 6.02. The van der Waals surface area contributed by atoms with Crippen molar-refractivity contribution in [2.24, 2.45) is 0 Å². The second-order valence-electron chi connectivity index (χ2n) is 8.69. The van der Waals surface area contributed by atoms with Crippen molar-refractivity contribution < 1.29 is 9.53 Å². The monoisotopic (exact) mass is 455 g/mol. The summed E-state index contributed by atoms with van der Waals surface area (Å²) in [5.41, 5.74) is 2.77. The van der Waals surface area contributed by atoms with Gasteiger partial charge in [-0.25, -0.2) is 4.98 Å². The molecule has 1 heterocycles. The lowest BCUT2D eigenvalue weighted by Crippen LogP contribution is -2.24. The number of carbonyl (C=O) groups is 1. The third-order valence-electron chi connectivity index (χ3n) is 6.02. The van der Waals surface area contributed by atoms with Crippen molar-refractivity contribution in [2.45, 2.75) is 45.6 Å². The number of imidazole rings is 1. The maximum Gasteiger partial charge on any atom is 0.246 e. The van der Waals surface area contributed by atoms with E-state index in [2.05, 4.69) is 58.9 Å². The number of benzene rings is 3. The molecule has 0 bridgehead atoms. The first-order valence-electron chi connectivity index (χ1n) is 12.1. The Morgan fingerprint density at radius 1 is 0.971 bits per heavy atom. The van der Waals surface area contributed by atoms with Gasteiger partial charge >= 0.3 is 0 Å². The van der Waals surface area contributed by atoms with Gasteiger partial charge in [-0.1, -0.05) is 61.5 Å². The van der Waals surface area contributed by atoms with Gasteiger partial charge in [-0.15, -0.1) is 0 Å². The number of nitrogens with one attached hydrogen (secondary N) is 1. The molecule has 0 aliphatic heterocycles. The fourth-order valence-electron chi connectivity index (χ4n) is 4.23. The molecule has 3 aromatic carbocycles. The van der Waals surface area contributed by atoms with Gasteiger partial charge in [-0.2, -0.15) is 0 Å². The van der Waals surface area contributed by atoms with Crippen molar-refractivity contribution in [1.82, 2.24) is 14.9 Å². The van der Waals surface area contributed by atoms with Crippen molar-refractivity contribution in [3.63, 3.8) is 0 Å². The molecular formula is C29H33N3O2. The summed E-state index contributed by atoms with van der Waals surface area (Å²) in [4.78, 5) is 16.5. The summed E-state index contributed by atoms with van der Waals surface area (Å²) in [5.74, 6) is 2.00. The molecular weight excluding hydrogens is 422 g/mol. The van der Waals surface area contributed by atoms with Gasteiger partial charge in [0.25, 0.3) is 0 Å². The van der Waals surface area contributed by atoms with Gasteiger partial charge < -0.3 is 14.6 Å². The number of ether oxygens (including phenoxy) is 1. The van der Waals surface area contributed by atoms with Crippen LogP contribution < -0.4 is 10.1 Å². The van der Waals surface area contributed by atoms with E-state index in [-0.39, 0.29) is 5.91 Å². The number of hydrogen-bond donors (Lipinski definition) is 1. The smallest absolute Gasteiger partial charge is 0.246 e. The number of amides is 1. The fourth-order valence-corrected chi connectivity index (χ4v) is 4.23. The Balaban J connectivity index is 1.32. The Kier molecular flexibility index (Phi) is 7.97. The number of unbranched alkanes of at least 4 members (excludes halogenated alkanes) is 2. The number of hydrogen-bond acceptors (Lipinski definition) is 3. The fraction of sp³-hybridized carbons (Fsp3) is 0.310. The van der Waals surface area contributed by atoms with Gasteiger partial charge in [0.15, 0.2) is 0 Å². The number of carbonyl (C=O) groups excluding carboxylic acids is 1. The van der Waals surface area contributed by atoms with E-state index in [1.807, 2.05) is 24.3 Å². The molecule has 34 heavy (non-hydrogen) atoms. The SMILES string of the molecule is C=C(C)C(=O)NCCCCCc1nc2ccccc2n1CCCOc1cccc2ccccc12. The van der Waals surface area contributed by atoms with Crippen molar-refractivity contribution >= 4 is 27.7 Å². The molecule has 1 aromatic heterocycles. The Bertz CT molecular complexity index is 1270. The molecule has 4 aromatic rings. The first-order valence-corrected chi connectivity index (χ1v) is 12.1. The van der Waals surface area contributed by atoms with E-state index in [1.54, 1.807) is 6.92 Å². The Morgan fingerprint density at radius 3 is 2.65 bits per heavy atom. The molecule has 176 valence electrons. The van der Waals surface area contributed by atoms with Crippen LogP contribution in [-0.2, 0) is 17.8 Å². The summed E-state index contributed by atoms with van der Waals surface area (Å²) in [6.45, 7) is 7.61. The molecule has 1 amide bonds. The molecule has 1 N–H and O–H groups in total. The van der Waals surface area contributed by atoms with E-state index >= 15 is 0 Å². The minimum atomic E-state index is -0.0625. The molecule has 0 aliphatic carbocycles. The highest BCUT2D eigenvalue weighted by Crippen LogP contribution is 2.25. The Morgan fingerprint density at radius 2 is 1.76 bits per heavy atom. The zero-order valence-corrected chi connectivity index (χ0v) is 19.9. The molecule has 5 nitrogen and oxygen atoms in total. The lowest BCUT2D eigenvalue weighted by molar-refractivity contribution is -0.117. The number of rotatable bonds is 12. The molecule has 0 fully saturated rings. The molecule has 0 atom stereocenters. The van der Waals surface area contributed by atoms with Crippen LogP contribution in [0.1, 0.15) is 38.4 Å². The van der Waals surface area contributed by atoms with Crippen LogP contribution in [0.15, 0.2) is 78.9 Å². The average molecular weight is 456 g/mol. The maximum absolute atomic E-state index is 11.6. The first kappa shape index (κ1) is 23.6. The van der Waals surface area contributed by atoms with E-state index < -0.39 is 0 Å². The van der Waals surface area contributed by atoms with Crippen molar-refractivity contribution in [3.8, 4) is 5.75 Å². The number of nitrogens with zero attached hydrogens (tertiary/aromatic N) is 2. The summed E-state index contributed by atoms with van der Waals surface area (Å²) in [6, 6.07) is 22.8. The van der Waals surface area contributed by atoms with Crippen LogP contribution in [-0.4, -0.2) is 28.6 Å². The Hall–Kier alpha value is -3.60. The minimum Gasteiger partial charge on any atom is -0.493 e. The van der Waals surface area contributed by atoms with Gasteiger partial charge in [0, 0.05) is 30.5 Å². The van der Waals surface area contributed by atoms with Crippen LogP contribution in [0.5, 0.6) is 5.75 Å². The molecule has 0 unspecified atom stereocenters. The average Bonchev–Trinajstić information content (AvgIpc) is 3.21. The van der Waals surface area contributed by atoms with Crippen molar-refractivity contribution in [1.29, 1.82) is 0 Å². The molecule has 0 radical (unpaired) electrons. The van der Waals surface area contributed by atoms with E-state index in [1.165, 1.54) is 10.9 Å². The number of aryl methyl sites for hydroxylation is 2. The highest BCUT2D eigenvalue weighted by Gasteiger charge is 2.10. The van der Waals surface area contributed by atoms with Gasteiger partial charge in [-0.05, 0) is 49.8 Å². The van der Waals surface area contributed by atoms with E-state index in [4.69, 9.17) is 9.72 Å². The maximum atomic E-state index is 11.6. The van der Waals surface area contributed by atoms with Crippen LogP contribution in [0, 0.1) is 0 Å². The zero-order chi connectivity index (χ0) is 23.8. The second kappa shape index (κ2) is 11.5. The third kappa shape index (κ3) is 5.84. The van der Waals surface area contributed by atoms with Gasteiger partial charge in [-0.3, -0.25) is 4.79 Å². The second-order valence-corrected chi connectivity index (χ2v) is 8.69. The van der Waals surface area contributed by atoms with E-state index in [0.717, 1.165) is 61.1 Å². The molecule has 0 aliphatic rings. The quantitative estimate of drug-likeness (QED) is 0.209. The summed E-state index contributed by atoms with van der Waals surface area (Å²) in [7, 11) is 0. The topological polar surface area (TPSA) is 56.2 Å². The van der Waals surface area contributed by atoms with Crippen molar-refractivity contribution in [2.75, 3.05) is 13.2 Å². The number of aromatic nitrogens is 2. The molecule has 0 saturated carbocycles. The largest absolute Gasteiger partial charge is 0.493 e. The number of para-hydroxylation sites is 2. The summed E-state index contributed by atoms with van der Waals surface area (Å²) >= 11 is 0. The highest BCUT2D eigenvalue weighted by atomic mass is 16.5. The van der Waals surface area contributed by atoms with Crippen LogP contribution in [0.3, 0.4) is 0 Å². The zero-order valence-electron chi connectivity index (χ0n) is 19.9. The van der Waals surface area contributed by atoms with Crippen LogP contribution in [0.25, 0.3) is 21.8 Å². The first-order chi connectivity index (χ1) is 16.6. The van der Waals surface area contributed by atoms with Crippen molar-refractivity contribution in [3.05, 3.63) is 84.7 Å². The number of fused-ring (bicyclic) bond motifs is 2. The minimum absolute atomic E-state index is 0.0625. The summed E-state index contributed by atoms with van der Waals surface area (Å²) in [5, 5.41) is 5.25. The summed E-state index contributed by atoms with van der Waals surface area (Å²) in [6.07, 6.45) is 4.87. The highest BCUT2D eigenvalue weighted by molar-refractivity contribution is 5.92. The van der Waals surface area contributed by atoms with Gasteiger partial charge in [0.1, 0.15) is 11.6 Å². The molecule has 0 spiro atoms. The lowest BCUT2D eigenvalue weighted by atomic mass is 10.1. The lowest BCUT2D eigenvalue weighted by Gasteiger charge is -2.12. The van der Waals surface area contributed by atoms with Gasteiger partial charge in [0.05, 0.1) is 17.6 Å². The molecule has 5 heteroatoms. The predicted molar refractivity (Wildman–Crippen MR) is 139 cm³/mol. The standard InChI is InChI=1S/C29H33N3O2/c1-22(2)29(33)30-19-9-3-4-18-28-31-25-15-7-8-16-26(25)32(28)20-11-21-34-27-17-10-13-23-12-5-6-14-24(23)27/h5-8,10,12-17H,1,3-4,9,11,18-21H2,2H3,(H,30,33). The van der Waals surface area contributed by atoms with Crippen LogP contribution >= 0.6 is 0 Å². The normalized spacial score (nSPS) is 11.1. The Labute approximate surface area is 201 Å². The van der Waals surface area contributed by atoms with E-state index in [0.29, 0.717) is 18.7 Å². The predicted octanol–water partition coefficient (Wildman–Crippen LogP) is 6.06. The van der Waals surface area contributed by atoms with Crippen LogP contribution in [0.4, 0.5) is 0 Å². The van der Waals surface area contributed by atoms with E-state index in [9.17, 15) is 4.79 Å². The summed E-state index contributed by atoms with van der Waals surface area (Å²) < 4.78 is 8.49. The molecule has 0 saturated heterocycles.